The molecule has 1 aliphatic heterocycles. The van der Waals surface area contributed by atoms with Crippen LogP contribution in [0, 0.1) is 0 Å². The van der Waals surface area contributed by atoms with Crippen molar-refractivity contribution < 1.29 is 30.3 Å². The summed E-state index contributed by atoms with van der Waals surface area (Å²) >= 11 is 0. The number of nitrogens with zero attached hydrogens (tertiary/aromatic N) is 3. The molecule has 0 spiro atoms. The van der Waals surface area contributed by atoms with Crippen LogP contribution >= 0.6 is 0 Å². The number of aliphatic hydroxyl groups is 5. The maximum atomic E-state index is 9.45. The summed E-state index contributed by atoms with van der Waals surface area (Å²) in [4.78, 5) is 2.23. The Labute approximate surface area is 83.8 Å². The normalized spacial score (nSPS) is 45.9. The van der Waals surface area contributed by atoms with Gasteiger partial charge in [0.2, 0.25) is 0 Å². The Morgan fingerprint density at radius 1 is 1.33 bits per heavy atom. The summed E-state index contributed by atoms with van der Waals surface area (Å²) in [7, 11) is 0. The lowest BCUT2D eigenvalue weighted by Gasteiger charge is -2.42. The Bertz CT molecular complexity index is 280. The summed E-state index contributed by atoms with van der Waals surface area (Å²) < 4.78 is 4.58. The smallest absolute Gasteiger partial charge is 0.276 e. The maximum Gasteiger partial charge on any atom is 0.276 e. The second-order valence-corrected chi connectivity index (χ2v) is 3.11. The van der Waals surface area contributed by atoms with E-state index in [-0.39, 0.29) is 0 Å². The van der Waals surface area contributed by atoms with Gasteiger partial charge in [-0.15, -0.1) is 0 Å². The average Bonchev–Trinajstić information content (AvgIpc) is 2.21. The molecular formula is C6H11N3O6. The van der Waals surface area contributed by atoms with Gasteiger partial charge in [-0.25, -0.2) is 0 Å². The van der Waals surface area contributed by atoms with Crippen LogP contribution in [0.25, 0.3) is 10.4 Å². The highest BCUT2D eigenvalue weighted by Crippen LogP contribution is 2.29. The first-order valence-electron chi connectivity index (χ1n) is 4.07. The van der Waals surface area contributed by atoms with Crippen molar-refractivity contribution in [3.05, 3.63) is 10.4 Å². The van der Waals surface area contributed by atoms with E-state index in [0.717, 1.165) is 0 Å². The number of azide groups is 1. The van der Waals surface area contributed by atoms with Crippen molar-refractivity contribution in [1.82, 2.24) is 0 Å². The lowest BCUT2D eigenvalue weighted by Crippen LogP contribution is -2.64. The van der Waals surface area contributed by atoms with E-state index in [1.807, 2.05) is 0 Å². The van der Waals surface area contributed by atoms with E-state index >= 15 is 0 Å². The van der Waals surface area contributed by atoms with Crippen molar-refractivity contribution in [2.75, 3.05) is 6.61 Å². The van der Waals surface area contributed by atoms with Crippen LogP contribution in [0.3, 0.4) is 0 Å². The van der Waals surface area contributed by atoms with Gasteiger partial charge in [0.25, 0.3) is 5.91 Å². The topological polar surface area (TPSA) is 159 Å². The van der Waals surface area contributed by atoms with E-state index in [0.29, 0.717) is 0 Å². The molecule has 1 aliphatic rings. The van der Waals surface area contributed by atoms with Crippen molar-refractivity contribution >= 4 is 0 Å². The average molecular weight is 221 g/mol. The summed E-state index contributed by atoms with van der Waals surface area (Å²) in [5.74, 6) is -2.69. The third kappa shape index (κ3) is 2.03. The van der Waals surface area contributed by atoms with Gasteiger partial charge in [-0.3, -0.25) is 0 Å². The zero-order valence-corrected chi connectivity index (χ0v) is 7.50. The van der Waals surface area contributed by atoms with Gasteiger partial charge in [0.15, 0.2) is 0 Å². The zero-order valence-electron chi connectivity index (χ0n) is 7.50. The fraction of sp³-hybridized carbons (Fsp3) is 1.00. The second-order valence-electron chi connectivity index (χ2n) is 3.11. The zero-order chi connectivity index (χ0) is 11.6. The molecule has 0 radical (unpaired) electrons. The number of hydrogen-bond acceptors (Lipinski definition) is 7. The van der Waals surface area contributed by atoms with E-state index in [9.17, 15) is 20.4 Å². The minimum absolute atomic E-state index is 0.714. The molecule has 5 N–H and O–H groups in total. The SMILES string of the molecule is [N-]=[N+]=NC1(O)O[C@H](CO)[C@H](O)[C@H](O)[C@H]1O. The second kappa shape index (κ2) is 4.29. The number of hydrogen-bond donors (Lipinski definition) is 5. The predicted molar refractivity (Wildman–Crippen MR) is 44.1 cm³/mol. The minimum atomic E-state index is -2.69. The molecule has 0 aromatic rings. The van der Waals surface area contributed by atoms with Crippen LogP contribution in [0.5, 0.6) is 0 Å². The minimum Gasteiger partial charge on any atom is -0.394 e. The van der Waals surface area contributed by atoms with Gasteiger partial charge in [-0.05, 0) is 10.6 Å². The maximum absolute atomic E-state index is 9.45. The molecule has 5 atom stereocenters. The molecule has 0 saturated carbocycles. The molecule has 0 aromatic heterocycles. The third-order valence-electron chi connectivity index (χ3n) is 2.13. The van der Waals surface area contributed by atoms with Gasteiger partial charge in [-0.2, -0.15) is 0 Å². The van der Waals surface area contributed by atoms with Gasteiger partial charge >= 0.3 is 0 Å². The van der Waals surface area contributed by atoms with E-state index in [2.05, 4.69) is 14.8 Å². The molecule has 9 heteroatoms. The lowest BCUT2D eigenvalue weighted by atomic mass is 9.97. The van der Waals surface area contributed by atoms with Crippen LogP contribution in [-0.4, -0.2) is 62.5 Å². The molecule has 1 saturated heterocycles. The van der Waals surface area contributed by atoms with Gasteiger partial charge in [0.1, 0.15) is 24.4 Å². The summed E-state index contributed by atoms with van der Waals surface area (Å²) in [6.45, 7) is -0.714. The van der Waals surface area contributed by atoms with E-state index in [1.165, 1.54) is 0 Å². The van der Waals surface area contributed by atoms with Crippen LogP contribution in [0.1, 0.15) is 0 Å². The Kier molecular flexibility index (Phi) is 3.47. The predicted octanol–water partition coefficient (Wildman–Crippen LogP) is -2.58. The highest BCUT2D eigenvalue weighted by atomic mass is 16.7. The summed E-state index contributed by atoms with van der Waals surface area (Å²) in [6.07, 6.45) is -6.71. The number of ether oxygens (including phenoxy) is 1. The van der Waals surface area contributed by atoms with Gasteiger partial charge in [0.05, 0.1) is 6.61 Å². The molecule has 0 bridgehead atoms. The molecule has 86 valence electrons. The first kappa shape index (κ1) is 12.1. The molecule has 1 heterocycles. The summed E-state index contributed by atoms with van der Waals surface area (Å²) in [5, 5.41) is 48.8. The van der Waals surface area contributed by atoms with Gasteiger partial charge in [0, 0.05) is 4.91 Å². The standard InChI is InChI=1S/C6H11N3O6/c7-9-8-6(14)5(13)4(12)3(11)2(1-10)15-6/h2-5,10-14H,1H2/t2-,3+,4+,5-,6?/m1/s1. The van der Waals surface area contributed by atoms with E-state index in [4.69, 9.17) is 10.6 Å². The first-order chi connectivity index (χ1) is 6.96. The van der Waals surface area contributed by atoms with Crippen molar-refractivity contribution in [2.24, 2.45) is 5.11 Å². The van der Waals surface area contributed by atoms with E-state index < -0.39 is 36.9 Å². The quantitative estimate of drug-likeness (QED) is 0.195. The van der Waals surface area contributed by atoms with Gasteiger partial charge in [-0.1, -0.05) is 0 Å². The molecule has 1 unspecified atom stereocenters. The molecule has 1 fully saturated rings. The van der Waals surface area contributed by atoms with Crippen molar-refractivity contribution in [3.63, 3.8) is 0 Å². The fourth-order valence-electron chi connectivity index (χ4n) is 1.28. The largest absolute Gasteiger partial charge is 0.394 e. The molecule has 1 rings (SSSR count). The fourth-order valence-corrected chi connectivity index (χ4v) is 1.28. The molecule has 0 aromatic carbocycles. The molecule has 15 heavy (non-hydrogen) atoms. The van der Waals surface area contributed by atoms with Crippen LogP contribution < -0.4 is 0 Å². The first-order valence-corrected chi connectivity index (χ1v) is 4.07. The monoisotopic (exact) mass is 221 g/mol. The Balaban J connectivity index is 2.97. The number of aliphatic hydroxyl groups excluding tert-OH is 4. The molecule has 0 amide bonds. The van der Waals surface area contributed by atoms with Crippen molar-refractivity contribution in [3.8, 4) is 0 Å². The Morgan fingerprint density at radius 2 is 1.93 bits per heavy atom. The van der Waals surface area contributed by atoms with Gasteiger partial charge < -0.3 is 30.3 Å². The third-order valence-corrected chi connectivity index (χ3v) is 2.13. The van der Waals surface area contributed by atoms with E-state index in [1.54, 1.807) is 0 Å². The number of rotatable bonds is 2. The highest BCUT2D eigenvalue weighted by molar-refractivity contribution is 4.94. The van der Waals surface area contributed by atoms with Crippen LogP contribution in [0.2, 0.25) is 0 Å². The van der Waals surface area contributed by atoms with Crippen LogP contribution in [-0.2, 0) is 4.74 Å². The van der Waals surface area contributed by atoms with Crippen molar-refractivity contribution in [1.29, 1.82) is 0 Å². The summed E-state index contributed by atoms with van der Waals surface area (Å²) in [6, 6.07) is 0. The van der Waals surface area contributed by atoms with Crippen molar-refractivity contribution in [2.45, 2.75) is 30.3 Å². The molecule has 9 nitrogen and oxygen atoms in total. The Morgan fingerprint density at radius 3 is 2.40 bits per heavy atom. The lowest BCUT2D eigenvalue weighted by molar-refractivity contribution is -0.346. The molecular weight excluding hydrogens is 210 g/mol. The van der Waals surface area contributed by atoms with Crippen LogP contribution in [0.15, 0.2) is 5.11 Å². The molecule has 0 aliphatic carbocycles. The van der Waals surface area contributed by atoms with Crippen LogP contribution in [0.4, 0.5) is 0 Å². The summed E-state index contributed by atoms with van der Waals surface area (Å²) in [5.41, 5.74) is 8.11. The highest BCUT2D eigenvalue weighted by Gasteiger charge is 2.52. The Hall–Kier alpha value is -0.930.